The van der Waals surface area contributed by atoms with Crippen LogP contribution < -0.4 is 0 Å². The standard InChI is InChI=1S/C12H22O/c1-3-4-11-9(2)13-8-7-10-5-6-12(10)11/h9-12H,3-8H2,1-2H3. The second-order valence-corrected chi connectivity index (χ2v) is 4.82. The average Bonchev–Trinajstić information content (AvgIpc) is 2.16. The molecule has 0 amide bonds. The Balaban J connectivity index is 2.00. The topological polar surface area (TPSA) is 9.23 Å². The molecule has 1 aliphatic heterocycles. The first-order chi connectivity index (χ1) is 6.33. The van der Waals surface area contributed by atoms with E-state index in [-0.39, 0.29) is 0 Å². The molecule has 13 heavy (non-hydrogen) atoms. The summed E-state index contributed by atoms with van der Waals surface area (Å²) in [6, 6.07) is 0. The Kier molecular flexibility index (Phi) is 2.92. The Morgan fingerprint density at radius 2 is 2.08 bits per heavy atom. The van der Waals surface area contributed by atoms with E-state index in [0.29, 0.717) is 6.10 Å². The van der Waals surface area contributed by atoms with E-state index in [2.05, 4.69) is 13.8 Å². The minimum absolute atomic E-state index is 0.523. The molecule has 0 spiro atoms. The number of rotatable bonds is 2. The van der Waals surface area contributed by atoms with Crippen molar-refractivity contribution in [3.05, 3.63) is 0 Å². The molecule has 0 bridgehead atoms. The maximum Gasteiger partial charge on any atom is 0.0577 e. The first kappa shape index (κ1) is 9.51. The quantitative estimate of drug-likeness (QED) is 0.637. The molecule has 4 atom stereocenters. The van der Waals surface area contributed by atoms with Crippen molar-refractivity contribution in [3.63, 3.8) is 0 Å². The lowest BCUT2D eigenvalue weighted by molar-refractivity contribution is 0.0115. The van der Waals surface area contributed by atoms with Gasteiger partial charge in [0.25, 0.3) is 0 Å². The third kappa shape index (κ3) is 1.76. The molecular formula is C12H22O. The van der Waals surface area contributed by atoms with Crippen LogP contribution in [0, 0.1) is 17.8 Å². The van der Waals surface area contributed by atoms with Crippen molar-refractivity contribution < 1.29 is 4.74 Å². The van der Waals surface area contributed by atoms with E-state index in [1.165, 1.54) is 32.1 Å². The van der Waals surface area contributed by atoms with E-state index in [1.54, 1.807) is 0 Å². The van der Waals surface area contributed by atoms with Crippen LogP contribution in [0.2, 0.25) is 0 Å². The molecule has 4 unspecified atom stereocenters. The Morgan fingerprint density at radius 1 is 1.23 bits per heavy atom. The second kappa shape index (κ2) is 4.00. The first-order valence-electron chi connectivity index (χ1n) is 5.94. The summed E-state index contributed by atoms with van der Waals surface area (Å²) >= 11 is 0. The lowest BCUT2D eigenvalue weighted by atomic mass is 9.64. The average molecular weight is 182 g/mol. The fourth-order valence-electron chi connectivity index (χ4n) is 3.18. The van der Waals surface area contributed by atoms with E-state index >= 15 is 0 Å². The SMILES string of the molecule is CCCC1C(C)OCCC2CCC21. The number of ether oxygens (including phenoxy) is 1. The summed E-state index contributed by atoms with van der Waals surface area (Å²) in [6.07, 6.45) is 7.50. The molecule has 0 radical (unpaired) electrons. The van der Waals surface area contributed by atoms with Crippen LogP contribution in [0.15, 0.2) is 0 Å². The molecule has 0 N–H and O–H groups in total. The van der Waals surface area contributed by atoms with Gasteiger partial charge in [-0.3, -0.25) is 0 Å². The Bertz CT molecular complexity index is 167. The summed E-state index contributed by atoms with van der Waals surface area (Å²) in [5.74, 6) is 2.89. The van der Waals surface area contributed by atoms with E-state index in [4.69, 9.17) is 4.74 Å². The van der Waals surface area contributed by atoms with Crippen molar-refractivity contribution in [2.75, 3.05) is 6.61 Å². The predicted octanol–water partition coefficient (Wildman–Crippen LogP) is 3.24. The Morgan fingerprint density at radius 3 is 2.69 bits per heavy atom. The summed E-state index contributed by atoms with van der Waals surface area (Å²) in [5.41, 5.74) is 0. The summed E-state index contributed by atoms with van der Waals surface area (Å²) in [4.78, 5) is 0. The van der Waals surface area contributed by atoms with E-state index < -0.39 is 0 Å². The molecular weight excluding hydrogens is 160 g/mol. The zero-order valence-corrected chi connectivity index (χ0v) is 8.96. The summed E-state index contributed by atoms with van der Waals surface area (Å²) in [7, 11) is 0. The van der Waals surface area contributed by atoms with Gasteiger partial charge in [0.05, 0.1) is 6.10 Å². The highest BCUT2D eigenvalue weighted by molar-refractivity contribution is 4.90. The molecule has 1 aliphatic carbocycles. The van der Waals surface area contributed by atoms with Gasteiger partial charge in [-0.1, -0.05) is 13.3 Å². The molecule has 1 heterocycles. The third-order valence-electron chi connectivity index (χ3n) is 4.12. The summed E-state index contributed by atoms with van der Waals surface area (Å²) in [5, 5.41) is 0. The fraction of sp³-hybridized carbons (Fsp3) is 1.00. The highest BCUT2D eigenvalue weighted by Crippen LogP contribution is 2.46. The molecule has 1 saturated carbocycles. The van der Waals surface area contributed by atoms with Crippen molar-refractivity contribution in [1.29, 1.82) is 0 Å². The number of hydrogen-bond donors (Lipinski definition) is 0. The normalized spacial score (nSPS) is 44.8. The second-order valence-electron chi connectivity index (χ2n) is 4.82. The van der Waals surface area contributed by atoms with Crippen molar-refractivity contribution in [3.8, 4) is 0 Å². The minimum Gasteiger partial charge on any atom is -0.378 e. The van der Waals surface area contributed by atoms with Gasteiger partial charge in [-0.2, -0.15) is 0 Å². The van der Waals surface area contributed by atoms with Gasteiger partial charge in [-0.25, -0.2) is 0 Å². The smallest absolute Gasteiger partial charge is 0.0577 e. The molecule has 1 heteroatoms. The van der Waals surface area contributed by atoms with Gasteiger partial charge in [0.2, 0.25) is 0 Å². The molecule has 0 aromatic rings. The van der Waals surface area contributed by atoms with Crippen molar-refractivity contribution in [2.45, 2.75) is 52.1 Å². The Labute approximate surface area is 81.9 Å². The lowest BCUT2D eigenvalue weighted by Gasteiger charge is -2.41. The van der Waals surface area contributed by atoms with Gasteiger partial charge in [-0.05, 0) is 50.4 Å². The highest BCUT2D eigenvalue weighted by atomic mass is 16.5. The third-order valence-corrected chi connectivity index (χ3v) is 4.12. The molecule has 1 nitrogen and oxygen atoms in total. The zero-order chi connectivity index (χ0) is 9.26. The molecule has 2 aliphatic rings. The van der Waals surface area contributed by atoms with Crippen LogP contribution in [-0.4, -0.2) is 12.7 Å². The molecule has 76 valence electrons. The van der Waals surface area contributed by atoms with Crippen molar-refractivity contribution in [2.24, 2.45) is 17.8 Å². The van der Waals surface area contributed by atoms with Gasteiger partial charge >= 0.3 is 0 Å². The largest absolute Gasteiger partial charge is 0.378 e. The van der Waals surface area contributed by atoms with Crippen LogP contribution in [0.4, 0.5) is 0 Å². The van der Waals surface area contributed by atoms with Crippen molar-refractivity contribution >= 4 is 0 Å². The van der Waals surface area contributed by atoms with Crippen LogP contribution in [0.5, 0.6) is 0 Å². The maximum atomic E-state index is 5.85. The predicted molar refractivity (Wildman–Crippen MR) is 54.6 cm³/mol. The number of fused-ring (bicyclic) bond motifs is 1. The lowest BCUT2D eigenvalue weighted by Crippen LogP contribution is -2.35. The van der Waals surface area contributed by atoms with Crippen molar-refractivity contribution in [1.82, 2.24) is 0 Å². The monoisotopic (exact) mass is 182 g/mol. The molecule has 1 saturated heterocycles. The number of hydrogen-bond acceptors (Lipinski definition) is 1. The van der Waals surface area contributed by atoms with E-state index in [9.17, 15) is 0 Å². The van der Waals surface area contributed by atoms with E-state index in [1.807, 2.05) is 0 Å². The molecule has 0 aromatic heterocycles. The van der Waals surface area contributed by atoms with Gasteiger partial charge < -0.3 is 4.74 Å². The van der Waals surface area contributed by atoms with Gasteiger partial charge in [0, 0.05) is 6.61 Å². The fourth-order valence-corrected chi connectivity index (χ4v) is 3.18. The van der Waals surface area contributed by atoms with Crippen LogP contribution in [-0.2, 0) is 4.74 Å². The minimum atomic E-state index is 0.523. The van der Waals surface area contributed by atoms with Gasteiger partial charge in [0.1, 0.15) is 0 Å². The highest BCUT2D eigenvalue weighted by Gasteiger charge is 2.40. The molecule has 2 rings (SSSR count). The summed E-state index contributed by atoms with van der Waals surface area (Å²) in [6.45, 7) is 5.59. The van der Waals surface area contributed by atoms with Crippen LogP contribution in [0.25, 0.3) is 0 Å². The van der Waals surface area contributed by atoms with Gasteiger partial charge in [-0.15, -0.1) is 0 Å². The zero-order valence-electron chi connectivity index (χ0n) is 8.96. The van der Waals surface area contributed by atoms with Gasteiger partial charge in [0.15, 0.2) is 0 Å². The van der Waals surface area contributed by atoms with Crippen LogP contribution in [0.1, 0.15) is 46.0 Å². The molecule has 0 aromatic carbocycles. The van der Waals surface area contributed by atoms with E-state index in [0.717, 1.165) is 24.4 Å². The first-order valence-corrected chi connectivity index (χ1v) is 5.94. The Hall–Kier alpha value is -0.0400. The van der Waals surface area contributed by atoms with Crippen LogP contribution >= 0.6 is 0 Å². The summed E-state index contributed by atoms with van der Waals surface area (Å²) < 4.78 is 5.85. The van der Waals surface area contributed by atoms with Crippen LogP contribution in [0.3, 0.4) is 0 Å². The maximum absolute atomic E-state index is 5.85. The molecule has 2 fully saturated rings.